The lowest BCUT2D eigenvalue weighted by molar-refractivity contribution is -0.384. The smallest absolute Gasteiger partial charge is 0.270 e. The summed E-state index contributed by atoms with van der Waals surface area (Å²) in [6.07, 6.45) is 0. The molecule has 0 aliphatic heterocycles. The Morgan fingerprint density at radius 1 is 1.05 bits per heavy atom. The Balaban J connectivity index is 2.34. The van der Waals surface area contributed by atoms with E-state index >= 15 is 0 Å². The van der Waals surface area contributed by atoms with Gasteiger partial charge >= 0.3 is 0 Å². The Hall–Kier alpha value is -2.89. The molecule has 0 bridgehead atoms. The van der Waals surface area contributed by atoms with Crippen LogP contribution in [0.3, 0.4) is 0 Å². The van der Waals surface area contributed by atoms with Crippen molar-refractivity contribution in [2.24, 2.45) is 0 Å². The molecule has 0 aliphatic carbocycles. The molecule has 0 aliphatic rings. The zero-order chi connectivity index (χ0) is 15.0. The number of aromatic nitrogens is 1. The van der Waals surface area contributed by atoms with Gasteiger partial charge in [-0.3, -0.25) is 10.1 Å². The van der Waals surface area contributed by atoms with Gasteiger partial charge in [0.05, 0.1) is 30.2 Å². The number of nitrogens with zero attached hydrogens (tertiary/aromatic N) is 2. The molecule has 106 valence electrons. The predicted molar refractivity (Wildman–Crippen MR) is 79.0 cm³/mol. The lowest BCUT2D eigenvalue weighted by atomic mass is 10.1. The second-order valence-electron chi connectivity index (χ2n) is 4.52. The summed E-state index contributed by atoms with van der Waals surface area (Å²) in [4.78, 5) is 14.9. The number of hydrogen-bond donors (Lipinski definition) is 0. The highest BCUT2D eigenvalue weighted by Gasteiger charge is 2.11. The highest BCUT2D eigenvalue weighted by Crippen LogP contribution is 2.33. The molecule has 1 aromatic heterocycles. The SMILES string of the molecule is COc1cc(OC)c2cc3cc([N+](=O)[O-])ccc3nc2c1. The molecule has 0 saturated carbocycles. The summed E-state index contributed by atoms with van der Waals surface area (Å²) in [5.74, 6) is 1.26. The van der Waals surface area contributed by atoms with Crippen molar-refractivity contribution in [2.75, 3.05) is 14.2 Å². The van der Waals surface area contributed by atoms with Crippen LogP contribution in [0.4, 0.5) is 5.69 Å². The summed E-state index contributed by atoms with van der Waals surface area (Å²) in [6.45, 7) is 0. The third-order valence-corrected chi connectivity index (χ3v) is 3.31. The molecule has 3 aromatic rings. The minimum atomic E-state index is -0.422. The van der Waals surface area contributed by atoms with Gasteiger partial charge in [0, 0.05) is 35.0 Å². The van der Waals surface area contributed by atoms with Crippen LogP contribution < -0.4 is 9.47 Å². The van der Waals surface area contributed by atoms with E-state index in [9.17, 15) is 10.1 Å². The van der Waals surface area contributed by atoms with E-state index in [1.54, 1.807) is 32.4 Å². The Bertz CT molecular complexity index is 861. The Kier molecular flexibility index (Phi) is 3.06. The van der Waals surface area contributed by atoms with Gasteiger partial charge in [0.25, 0.3) is 5.69 Å². The minimum absolute atomic E-state index is 0.0381. The maximum absolute atomic E-state index is 10.9. The fraction of sp³-hybridized carbons (Fsp3) is 0.133. The molecule has 0 N–H and O–H groups in total. The van der Waals surface area contributed by atoms with Crippen molar-refractivity contribution in [1.29, 1.82) is 0 Å². The Labute approximate surface area is 120 Å². The van der Waals surface area contributed by atoms with E-state index in [0.717, 1.165) is 5.39 Å². The third kappa shape index (κ3) is 2.20. The first-order valence-electron chi connectivity index (χ1n) is 6.23. The van der Waals surface area contributed by atoms with Gasteiger partial charge in [-0.15, -0.1) is 0 Å². The highest BCUT2D eigenvalue weighted by atomic mass is 16.6. The van der Waals surface area contributed by atoms with Crippen LogP contribution in [0.2, 0.25) is 0 Å². The fourth-order valence-corrected chi connectivity index (χ4v) is 2.27. The van der Waals surface area contributed by atoms with Gasteiger partial charge in [0.2, 0.25) is 0 Å². The van der Waals surface area contributed by atoms with Crippen LogP contribution in [0, 0.1) is 10.1 Å². The largest absolute Gasteiger partial charge is 0.497 e. The first kappa shape index (κ1) is 13.1. The number of nitro groups is 1. The summed E-state index contributed by atoms with van der Waals surface area (Å²) in [7, 11) is 3.14. The lowest BCUT2D eigenvalue weighted by Crippen LogP contribution is -1.92. The molecule has 0 radical (unpaired) electrons. The van der Waals surface area contributed by atoms with Crippen LogP contribution in [0.25, 0.3) is 21.8 Å². The number of ether oxygens (including phenoxy) is 2. The number of pyridine rings is 1. The number of benzene rings is 2. The van der Waals surface area contributed by atoms with Crippen molar-refractivity contribution < 1.29 is 14.4 Å². The molecular weight excluding hydrogens is 272 g/mol. The highest BCUT2D eigenvalue weighted by molar-refractivity contribution is 5.97. The van der Waals surface area contributed by atoms with Gasteiger partial charge in [-0.25, -0.2) is 4.98 Å². The van der Waals surface area contributed by atoms with Crippen molar-refractivity contribution in [3.8, 4) is 11.5 Å². The molecule has 0 unspecified atom stereocenters. The second-order valence-corrected chi connectivity index (χ2v) is 4.52. The maximum Gasteiger partial charge on any atom is 0.270 e. The van der Waals surface area contributed by atoms with Crippen molar-refractivity contribution in [3.05, 3.63) is 46.5 Å². The van der Waals surface area contributed by atoms with Crippen LogP contribution in [-0.4, -0.2) is 24.1 Å². The summed E-state index contributed by atoms with van der Waals surface area (Å²) in [5.41, 5.74) is 1.44. The van der Waals surface area contributed by atoms with Crippen molar-refractivity contribution in [1.82, 2.24) is 4.98 Å². The average molecular weight is 284 g/mol. The van der Waals surface area contributed by atoms with E-state index in [0.29, 0.717) is 27.9 Å². The molecule has 21 heavy (non-hydrogen) atoms. The summed E-state index contributed by atoms with van der Waals surface area (Å²) in [5, 5.41) is 12.3. The maximum atomic E-state index is 10.9. The second kappa shape index (κ2) is 4.90. The van der Waals surface area contributed by atoms with Crippen LogP contribution in [0.5, 0.6) is 11.5 Å². The number of hydrogen-bond acceptors (Lipinski definition) is 5. The average Bonchev–Trinajstić information content (AvgIpc) is 2.51. The van der Waals surface area contributed by atoms with Crippen molar-refractivity contribution >= 4 is 27.5 Å². The van der Waals surface area contributed by atoms with Gasteiger partial charge in [0.15, 0.2) is 0 Å². The third-order valence-electron chi connectivity index (χ3n) is 3.31. The van der Waals surface area contributed by atoms with Crippen LogP contribution in [0.1, 0.15) is 0 Å². The van der Waals surface area contributed by atoms with E-state index in [2.05, 4.69) is 4.98 Å². The molecule has 1 heterocycles. The van der Waals surface area contributed by atoms with E-state index in [4.69, 9.17) is 9.47 Å². The molecule has 6 heteroatoms. The van der Waals surface area contributed by atoms with E-state index in [1.807, 2.05) is 6.07 Å². The normalized spacial score (nSPS) is 10.8. The first-order valence-corrected chi connectivity index (χ1v) is 6.23. The number of non-ortho nitro benzene ring substituents is 1. The molecule has 2 aromatic carbocycles. The lowest BCUT2D eigenvalue weighted by Gasteiger charge is -2.09. The minimum Gasteiger partial charge on any atom is -0.497 e. The van der Waals surface area contributed by atoms with Gasteiger partial charge in [-0.2, -0.15) is 0 Å². The molecule has 6 nitrogen and oxygen atoms in total. The Morgan fingerprint density at radius 3 is 2.52 bits per heavy atom. The number of fused-ring (bicyclic) bond motifs is 2. The fourth-order valence-electron chi connectivity index (χ4n) is 2.27. The van der Waals surface area contributed by atoms with Crippen LogP contribution >= 0.6 is 0 Å². The topological polar surface area (TPSA) is 74.5 Å². The molecule has 0 amide bonds. The zero-order valence-corrected chi connectivity index (χ0v) is 11.5. The molecule has 0 saturated heterocycles. The van der Waals surface area contributed by atoms with Gasteiger partial charge in [0.1, 0.15) is 11.5 Å². The van der Waals surface area contributed by atoms with Gasteiger partial charge in [-0.05, 0) is 12.1 Å². The van der Waals surface area contributed by atoms with Crippen LogP contribution in [0.15, 0.2) is 36.4 Å². The first-order chi connectivity index (χ1) is 10.1. The predicted octanol–water partition coefficient (Wildman–Crippen LogP) is 3.31. The van der Waals surface area contributed by atoms with Gasteiger partial charge < -0.3 is 9.47 Å². The number of methoxy groups -OCH3 is 2. The molecule has 3 rings (SSSR count). The van der Waals surface area contributed by atoms with E-state index in [1.165, 1.54) is 12.1 Å². The number of nitro benzene ring substituents is 1. The molecular formula is C15H12N2O4. The molecule has 0 spiro atoms. The summed E-state index contributed by atoms with van der Waals surface area (Å²) in [6, 6.07) is 9.98. The quantitative estimate of drug-likeness (QED) is 0.419. The van der Waals surface area contributed by atoms with Crippen molar-refractivity contribution in [2.45, 2.75) is 0 Å². The van der Waals surface area contributed by atoms with Crippen molar-refractivity contribution in [3.63, 3.8) is 0 Å². The molecule has 0 fully saturated rings. The monoisotopic (exact) mass is 284 g/mol. The zero-order valence-electron chi connectivity index (χ0n) is 11.5. The summed E-state index contributed by atoms with van der Waals surface area (Å²) >= 11 is 0. The molecule has 0 atom stereocenters. The summed E-state index contributed by atoms with van der Waals surface area (Å²) < 4.78 is 10.6. The Morgan fingerprint density at radius 2 is 1.86 bits per heavy atom. The van der Waals surface area contributed by atoms with Gasteiger partial charge in [-0.1, -0.05) is 0 Å². The number of rotatable bonds is 3. The van der Waals surface area contributed by atoms with E-state index < -0.39 is 4.92 Å². The van der Waals surface area contributed by atoms with Crippen LogP contribution in [-0.2, 0) is 0 Å². The van der Waals surface area contributed by atoms with E-state index in [-0.39, 0.29) is 5.69 Å². The standard InChI is InChI=1S/C15H12N2O4/c1-20-11-7-14-12(15(8-11)21-2)6-9-5-10(17(18)19)3-4-13(9)16-14/h3-8H,1-2H3.